The number of hydrogen-bond acceptors (Lipinski definition) is 4. The van der Waals surface area contributed by atoms with Crippen LogP contribution in [-0.4, -0.2) is 35.9 Å². The lowest BCUT2D eigenvalue weighted by atomic mass is 9.91. The summed E-state index contributed by atoms with van der Waals surface area (Å²) in [6.45, 7) is 5.23. The third kappa shape index (κ3) is 4.65. The van der Waals surface area contributed by atoms with E-state index in [1.807, 2.05) is 6.92 Å². The van der Waals surface area contributed by atoms with Crippen LogP contribution in [0.3, 0.4) is 0 Å². The minimum Gasteiger partial charge on any atom is -0.493 e. The molecule has 0 aliphatic carbocycles. The van der Waals surface area contributed by atoms with Crippen molar-refractivity contribution in [3.8, 4) is 11.5 Å². The zero-order valence-corrected chi connectivity index (χ0v) is 17.7. The van der Waals surface area contributed by atoms with Gasteiger partial charge >= 0.3 is 0 Å². The molecule has 1 aliphatic rings. The van der Waals surface area contributed by atoms with E-state index in [0.717, 1.165) is 11.1 Å². The number of rotatable bonds is 6. The third-order valence-corrected chi connectivity index (χ3v) is 5.24. The molecule has 0 saturated carbocycles. The van der Waals surface area contributed by atoms with Crippen molar-refractivity contribution in [3.63, 3.8) is 0 Å². The monoisotopic (exact) mass is 421 g/mol. The van der Waals surface area contributed by atoms with Gasteiger partial charge in [0.2, 0.25) is 0 Å². The van der Waals surface area contributed by atoms with Gasteiger partial charge in [0, 0.05) is 24.0 Å². The summed E-state index contributed by atoms with van der Waals surface area (Å²) >= 11 is 5.77. The molecule has 1 amide bonds. The lowest BCUT2D eigenvalue weighted by Crippen LogP contribution is -2.46. The number of amides is 1. The predicted octanol–water partition coefficient (Wildman–Crippen LogP) is 3.92. The first-order chi connectivity index (χ1) is 13.6. The van der Waals surface area contributed by atoms with Crippen LogP contribution in [0.15, 0.2) is 30.3 Å². The molecule has 5 nitrogen and oxygen atoms in total. The quantitative estimate of drug-likeness (QED) is 0.741. The largest absolute Gasteiger partial charge is 0.493 e. The summed E-state index contributed by atoms with van der Waals surface area (Å²) in [6, 6.07) is 8.11. The highest BCUT2D eigenvalue weighted by molar-refractivity contribution is 6.30. The van der Waals surface area contributed by atoms with Crippen LogP contribution in [0.5, 0.6) is 11.5 Å². The molecule has 0 fully saturated rings. The Labute approximate surface area is 174 Å². The summed E-state index contributed by atoms with van der Waals surface area (Å²) in [4.78, 5) is 12.6. The van der Waals surface area contributed by atoms with Gasteiger partial charge in [-0.25, -0.2) is 4.39 Å². The number of methoxy groups -OCH3 is 1. The Balaban J connectivity index is 1.86. The van der Waals surface area contributed by atoms with E-state index in [0.29, 0.717) is 29.9 Å². The Hall–Kier alpha value is -2.31. The molecule has 2 N–H and O–H groups in total. The van der Waals surface area contributed by atoms with Crippen LogP contribution in [0, 0.1) is 5.82 Å². The zero-order valence-electron chi connectivity index (χ0n) is 16.9. The molecule has 3 rings (SSSR count). The van der Waals surface area contributed by atoms with Crippen molar-refractivity contribution in [1.29, 1.82) is 0 Å². The molecule has 2 aromatic rings. The van der Waals surface area contributed by atoms with E-state index >= 15 is 0 Å². The molecule has 2 aromatic carbocycles. The number of benzene rings is 2. The van der Waals surface area contributed by atoms with Gasteiger partial charge in [0.25, 0.3) is 5.91 Å². The number of hydrogen-bond donors (Lipinski definition) is 2. The Morgan fingerprint density at radius 3 is 2.72 bits per heavy atom. The molecule has 7 heteroatoms. The second-order valence-electron chi connectivity index (χ2n) is 8.32. The Morgan fingerprint density at radius 2 is 2.10 bits per heavy atom. The lowest BCUT2D eigenvalue weighted by molar-refractivity contribution is 0.0869. The molecular weight excluding hydrogens is 397 g/mol. The molecule has 1 heterocycles. The highest BCUT2D eigenvalue weighted by Gasteiger charge is 2.38. The van der Waals surface area contributed by atoms with Crippen LogP contribution in [0.1, 0.15) is 42.3 Å². The highest BCUT2D eigenvalue weighted by Crippen LogP contribution is 2.44. The first-order valence-electron chi connectivity index (χ1n) is 9.33. The van der Waals surface area contributed by atoms with Crippen LogP contribution in [0.4, 0.5) is 4.39 Å². The molecule has 156 valence electrons. The van der Waals surface area contributed by atoms with Gasteiger partial charge in [-0.15, -0.1) is 0 Å². The summed E-state index contributed by atoms with van der Waals surface area (Å²) in [5.74, 6) is 0.271. The van der Waals surface area contributed by atoms with Crippen LogP contribution in [0.25, 0.3) is 0 Å². The van der Waals surface area contributed by atoms with E-state index in [2.05, 4.69) is 5.32 Å². The number of carbonyl (C=O) groups excluding carboxylic acids is 1. The minimum atomic E-state index is -0.743. The standard InChI is InChI=1S/C22H25ClFNO4/c1-21(2,12-26)25-20(27)14-8-15-11-22(3,29-19(15)18(9-14)28-4)10-13-5-6-16(23)17(24)7-13/h5-9,26H,10-12H2,1-4H3,(H,25,27). The number of halogens is 2. The highest BCUT2D eigenvalue weighted by atomic mass is 35.5. The molecule has 0 spiro atoms. The van der Waals surface area contributed by atoms with Crippen LogP contribution in [-0.2, 0) is 12.8 Å². The number of carbonyl (C=O) groups is 1. The van der Waals surface area contributed by atoms with Gasteiger partial charge in [-0.2, -0.15) is 0 Å². The average Bonchev–Trinajstić information content (AvgIpc) is 2.99. The fourth-order valence-electron chi connectivity index (χ4n) is 3.47. The second-order valence-corrected chi connectivity index (χ2v) is 8.72. The predicted molar refractivity (Wildman–Crippen MR) is 109 cm³/mol. The Kier molecular flexibility index (Phi) is 5.79. The summed E-state index contributed by atoms with van der Waals surface area (Å²) in [6.07, 6.45) is 1.01. The molecule has 0 bridgehead atoms. The van der Waals surface area contributed by atoms with Gasteiger partial charge in [0.05, 0.1) is 24.3 Å². The van der Waals surface area contributed by atoms with E-state index in [1.165, 1.54) is 19.2 Å². The summed E-state index contributed by atoms with van der Waals surface area (Å²) in [5, 5.41) is 12.3. The van der Waals surface area contributed by atoms with Gasteiger partial charge in [-0.05, 0) is 50.6 Å². The maximum Gasteiger partial charge on any atom is 0.251 e. The molecule has 1 atom stereocenters. The average molecular weight is 422 g/mol. The second kappa shape index (κ2) is 7.84. The van der Waals surface area contributed by atoms with Gasteiger partial charge in [0.1, 0.15) is 11.4 Å². The van der Waals surface area contributed by atoms with Gasteiger partial charge in [-0.3, -0.25) is 4.79 Å². The Bertz CT molecular complexity index is 947. The molecule has 29 heavy (non-hydrogen) atoms. The van der Waals surface area contributed by atoms with Gasteiger partial charge in [0.15, 0.2) is 11.5 Å². The topological polar surface area (TPSA) is 67.8 Å². The summed E-state index contributed by atoms with van der Waals surface area (Å²) < 4.78 is 25.5. The van der Waals surface area contributed by atoms with Gasteiger partial charge in [-0.1, -0.05) is 17.7 Å². The van der Waals surface area contributed by atoms with Crippen molar-refractivity contribution in [1.82, 2.24) is 5.32 Å². The van der Waals surface area contributed by atoms with E-state index in [4.69, 9.17) is 21.1 Å². The Morgan fingerprint density at radius 1 is 1.38 bits per heavy atom. The van der Waals surface area contributed by atoms with E-state index < -0.39 is 17.0 Å². The number of nitrogens with one attached hydrogen (secondary N) is 1. The minimum absolute atomic E-state index is 0.0812. The SMILES string of the molecule is COc1cc(C(=O)NC(C)(C)CO)cc2c1OC(C)(Cc1ccc(Cl)c(F)c1)C2. The normalized spacial score (nSPS) is 18.2. The number of fused-ring (bicyclic) bond motifs is 1. The first kappa shape index (κ1) is 21.4. The molecule has 0 radical (unpaired) electrons. The maximum absolute atomic E-state index is 13.8. The lowest BCUT2D eigenvalue weighted by Gasteiger charge is -2.24. The van der Waals surface area contributed by atoms with E-state index in [-0.39, 0.29) is 17.5 Å². The van der Waals surface area contributed by atoms with Crippen molar-refractivity contribution < 1.29 is 23.8 Å². The summed E-state index contributed by atoms with van der Waals surface area (Å²) in [7, 11) is 1.52. The molecular formula is C22H25ClFNO4. The molecule has 1 aliphatic heterocycles. The molecule has 0 saturated heterocycles. The molecule has 1 unspecified atom stereocenters. The number of aliphatic hydroxyl groups is 1. The van der Waals surface area contributed by atoms with Crippen molar-refractivity contribution in [2.24, 2.45) is 0 Å². The maximum atomic E-state index is 13.8. The number of aliphatic hydroxyl groups excluding tert-OH is 1. The summed E-state index contributed by atoms with van der Waals surface area (Å²) in [5.41, 5.74) is 0.673. The zero-order chi connectivity index (χ0) is 21.4. The number of ether oxygens (including phenoxy) is 2. The van der Waals surface area contributed by atoms with E-state index in [9.17, 15) is 14.3 Å². The van der Waals surface area contributed by atoms with Crippen LogP contribution < -0.4 is 14.8 Å². The van der Waals surface area contributed by atoms with E-state index in [1.54, 1.807) is 32.0 Å². The van der Waals surface area contributed by atoms with Crippen molar-refractivity contribution in [3.05, 3.63) is 57.9 Å². The smallest absolute Gasteiger partial charge is 0.251 e. The van der Waals surface area contributed by atoms with Gasteiger partial charge < -0.3 is 19.9 Å². The van der Waals surface area contributed by atoms with Crippen molar-refractivity contribution >= 4 is 17.5 Å². The first-order valence-corrected chi connectivity index (χ1v) is 9.71. The third-order valence-electron chi connectivity index (χ3n) is 4.94. The fourth-order valence-corrected chi connectivity index (χ4v) is 3.59. The molecule has 0 aromatic heterocycles. The van der Waals surface area contributed by atoms with Crippen molar-refractivity contribution in [2.45, 2.75) is 44.8 Å². The van der Waals surface area contributed by atoms with Crippen molar-refractivity contribution in [2.75, 3.05) is 13.7 Å². The fraction of sp³-hybridized carbons (Fsp3) is 0.409. The van der Waals surface area contributed by atoms with Crippen LogP contribution >= 0.6 is 11.6 Å². The van der Waals surface area contributed by atoms with Crippen LogP contribution in [0.2, 0.25) is 5.02 Å².